The van der Waals surface area contributed by atoms with Crippen molar-refractivity contribution in [3.63, 3.8) is 0 Å². The Hall–Kier alpha value is -2.63. The van der Waals surface area contributed by atoms with E-state index in [0.29, 0.717) is 12.1 Å². The van der Waals surface area contributed by atoms with Gasteiger partial charge in [-0.1, -0.05) is 29.4 Å². The molecule has 0 saturated carbocycles. The molecule has 126 valence electrons. The first kappa shape index (κ1) is 16.2. The van der Waals surface area contributed by atoms with Crippen molar-refractivity contribution >= 4 is 11.9 Å². The topological polar surface area (TPSA) is 92.4 Å². The molecule has 3 rings (SSSR count). The first-order valence-corrected chi connectivity index (χ1v) is 8.09. The van der Waals surface area contributed by atoms with Gasteiger partial charge in [0, 0.05) is 6.07 Å². The molecule has 6 nitrogen and oxygen atoms in total. The number of aliphatic carboxylic acids is 1. The monoisotopic (exact) mass is 328 g/mol. The molecule has 1 aromatic heterocycles. The van der Waals surface area contributed by atoms with E-state index in [-0.39, 0.29) is 11.7 Å². The van der Waals surface area contributed by atoms with E-state index < -0.39 is 17.9 Å². The predicted molar refractivity (Wildman–Crippen MR) is 86.9 cm³/mol. The highest BCUT2D eigenvalue weighted by atomic mass is 16.5. The van der Waals surface area contributed by atoms with E-state index >= 15 is 0 Å². The summed E-state index contributed by atoms with van der Waals surface area (Å²) in [5.41, 5.74) is 3.04. The van der Waals surface area contributed by atoms with Crippen molar-refractivity contribution in [3.8, 4) is 0 Å². The maximum atomic E-state index is 12.2. The van der Waals surface area contributed by atoms with Gasteiger partial charge in [0.2, 0.25) is 5.76 Å². The fraction of sp³-hybridized carbons (Fsp3) is 0.389. The Balaban J connectivity index is 1.73. The maximum Gasteiger partial charge on any atom is 0.326 e. The van der Waals surface area contributed by atoms with Gasteiger partial charge in [-0.25, -0.2) is 4.79 Å². The van der Waals surface area contributed by atoms with E-state index in [0.717, 1.165) is 19.3 Å². The lowest BCUT2D eigenvalue weighted by Crippen LogP contribution is -2.42. The Labute approximate surface area is 139 Å². The van der Waals surface area contributed by atoms with E-state index in [4.69, 9.17) is 4.52 Å². The Morgan fingerprint density at radius 1 is 1.42 bits per heavy atom. The van der Waals surface area contributed by atoms with Gasteiger partial charge in [-0.15, -0.1) is 0 Å². The van der Waals surface area contributed by atoms with Crippen LogP contribution in [0.25, 0.3) is 0 Å². The van der Waals surface area contributed by atoms with Crippen molar-refractivity contribution in [2.75, 3.05) is 0 Å². The summed E-state index contributed by atoms with van der Waals surface area (Å²) in [6.45, 7) is 1.70. The van der Waals surface area contributed by atoms with Crippen LogP contribution in [0.15, 0.2) is 34.9 Å². The molecule has 1 aromatic carbocycles. The first-order valence-electron chi connectivity index (χ1n) is 8.09. The van der Waals surface area contributed by atoms with Crippen LogP contribution in [0.2, 0.25) is 0 Å². The third kappa shape index (κ3) is 3.48. The van der Waals surface area contributed by atoms with E-state index in [1.165, 1.54) is 17.2 Å². The number of carboxylic acids is 1. The van der Waals surface area contributed by atoms with E-state index in [2.05, 4.69) is 22.6 Å². The van der Waals surface area contributed by atoms with Gasteiger partial charge in [-0.2, -0.15) is 0 Å². The largest absolute Gasteiger partial charge is 0.480 e. The molecule has 0 bridgehead atoms. The van der Waals surface area contributed by atoms with Crippen LogP contribution in [-0.2, 0) is 11.2 Å². The lowest BCUT2D eigenvalue weighted by atomic mass is 9.79. The number of carboxylic acid groups (broad SMARTS) is 1. The van der Waals surface area contributed by atoms with Crippen LogP contribution in [0.5, 0.6) is 0 Å². The zero-order valence-corrected chi connectivity index (χ0v) is 13.5. The number of carbonyl (C=O) groups excluding carboxylic acids is 1. The van der Waals surface area contributed by atoms with Gasteiger partial charge in [0.1, 0.15) is 6.04 Å². The Kier molecular flexibility index (Phi) is 4.64. The van der Waals surface area contributed by atoms with E-state index in [1.807, 2.05) is 12.1 Å². The molecule has 0 spiro atoms. The van der Waals surface area contributed by atoms with Crippen molar-refractivity contribution in [1.82, 2.24) is 10.5 Å². The Morgan fingerprint density at radius 3 is 2.92 bits per heavy atom. The minimum atomic E-state index is -1.04. The van der Waals surface area contributed by atoms with Crippen LogP contribution in [0, 0.1) is 6.92 Å². The normalized spacial score (nSPS) is 17.8. The summed E-state index contributed by atoms with van der Waals surface area (Å²) >= 11 is 0. The quantitative estimate of drug-likeness (QED) is 0.880. The smallest absolute Gasteiger partial charge is 0.326 e. The molecule has 1 heterocycles. The number of nitrogens with one attached hydrogen (secondary N) is 1. The summed E-state index contributed by atoms with van der Waals surface area (Å²) in [6, 6.07) is 8.66. The van der Waals surface area contributed by atoms with Crippen LogP contribution >= 0.6 is 0 Å². The minimum absolute atomic E-state index is 0.0304. The molecule has 1 aliphatic carbocycles. The number of hydrogen-bond donors (Lipinski definition) is 2. The minimum Gasteiger partial charge on any atom is -0.480 e. The molecule has 1 aliphatic rings. The molecule has 2 aromatic rings. The Morgan fingerprint density at radius 2 is 2.21 bits per heavy atom. The second-order valence-electron chi connectivity index (χ2n) is 6.22. The third-order valence-electron chi connectivity index (χ3n) is 4.47. The second kappa shape index (κ2) is 6.86. The summed E-state index contributed by atoms with van der Waals surface area (Å²) in [7, 11) is 0. The van der Waals surface area contributed by atoms with Crippen LogP contribution in [0.3, 0.4) is 0 Å². The third-order valence-corrected chi connectivity index (χ3v) is 4.47. The molecule has 1 amide bonds. The van der Waals surface area contributed by atoms with Crippen LogP contribution in [-0.4, -0.2) is 28.2 Å². The Bertz CT molecular complexity index is 753. The highest BCUT2D eigenvalue weighted by Gasteiger charge is 2.29. The van der Waals surface area contributed by atoms with Gasteiger partial charge in [0.15, 0.2) is 0 Å². The summed E-state index contributed by atoms with van der Waals surface area (Å²) in [5.74, 6) is -1.43. The van der Waals surface area contributed by atoms with Crippen LogP contribution in [0.4, 0.5) is 0 Å². The standard InChI is InChI=1S/C18H20N2O4/c1-11-9-16(24-20-11)17(21)19-15(18(22)23)10-13-7-4-6-12-5-2-3-8-14(12)13/h2-3,5,8-9,13,15H,4,6-7,10H2,1H3,(H,19,21)(H,22,23)/t13-,15+/m0/s1. The lowest BCUT2D eigenvalue weighted by molar-refractivity contribution is -0.139. The van der Waals surface area contributed by atoms with Crippen molar-refractivity contribution in [2.45, 2.75) is 44.6 Å². The van der Waals surface area contributed by atoms with Gasteiger partial charge >= 0.3 is 5.97 Å². The molecule has 0 fully saturated rings. The number of aryl methyl sites for hydroxylation is 2. The van der Waals surface area contributed by atoms with Gasteiger partial charge in [0.25, 0.3) is 5.91 Å². The van der Waals surface area contributed by atoms with Gasteiger partial charge in [-0.05, 0) is 49.7 Å². The number of hydrogen-bond acceptors (Lipinski definition) is 4. The predicted octanol–water partition coefficient (Wildman–Crippen LogP) is 2.68. The molecule has 24 heavy (non-hydrogen) atoms. The summed E-state index contributed by atoms with van der Waals surface area (Å²) in [5, 5.41) is 15.7. The number of rotatable bonds is 5. The molecule has 2 N–H and O–H groups in total. The zero-order chi connectivity index (χ0) is 17.1. The van der Waals surface area contributed by atoms with Gasteiger partial charge in [-0.3, -0.25) is 4.79 Å². The average molecular weight is 328 g/mol. The fourth-order valence-corrected chi connectivity index (χ4v) is 3.31. The molecule has 0 aliphatic heterocycles. The number of benzene rings is 1. The number of amides is 1. The molecule has 0 saturated heterocycles. The van der Waals surface area contributed by atoms with E-state index in [9.17, 15) is 14.7 Å². The molecule has 0 unspecified atom stereocenters. The molecule has 2 atom stereocenters. The lowest BCUT2D eigenvalue weighted by Gasteiger charge is -2.27. The number of carbonyl (C=O) groups is 2. The van der Waals surface area contributed by atoms with Gasteiger partial charge < -0.3 is 14.9 Å². The van der Waals surface area contributed by atoms with Crippen molar-refractivity contribution in [2.24, 2.45) is 0 Å². The average Bonchev–Trinajstić information content (AvgIpc) is 3.01. The summed E-state index contributed by atoms with van der Waals surface area (Å²) < 4.78 is 4.90. The van der Waals surface area contributed by atoms with Crippen molar-refractivity contribution in [3.05, 3.63) is 52.9 Å². The number of aromatic nitrogens is 1. The van der Waals surface area contributed by atoms with E-state index in [1.54, 1.807) is 6.92 Å². The van der Waals surface area contributed by atoms with Crippen LogP contribution < -0.4 is 5.32 Å². The van der Waals surface area contributed by atoms with Crippen molar-refractivity contribution < 1.29 is 19.2 Å². The van der Waals surface area contributed by atoms with Gasteiger partial charge in [0.05, 0.1) is 5.69 Å². The summed E-state index contributed by atoms with van der Waals surface area (Å²) in [4.78, 5) is 23.7. The molecule has 0 radical (unpaired) electrons. The molecular weight excluding hydrogens is 308 g/mol. The maximum absolute atomic E-state index is 12.2. The number of nitrogens with zero attached hydrogens (tertiary/aromatic N) is 1. The highest BCUT2D eigenvalue weighted by Crippen LogP contribution is 2.34. The summed E-state index contributed by atoms with van der Waals surface area (Å²) in [6.07, 6.45) is 3.35. The highest BCUT2D eigenvalue weighted by molar-refractivity contribution is 5.94. The molecule has 6 heteroatoms. The fourth-order valence-electron chi connectivity index (χ4n) is 3.31. The van der Waals surface area contributed by atoms with Crippen molar-refractivity contribution in [1.29, 1.82) is 0 Å². The number of fused-ring (bicyclic) bond motifs is 1. The zero-order valence-electron chi connectivity index (χ0n) is 13.5. The SMILES string of the molecule is Cc1cc(C(=O)N[C@H](C[C@@H]2CCCc3ccccc32)C(=O)O)on1. The van der Waals surface area contributed by atoms with Crippen LogP contribution in [0.1, 0.15) is 52.6 Å². The second-order valence-corrected chi connectivity index (χ2v) is 6.22. The first-order chi connectivity index (χ1) is 11.5. The molecular formula is C18H20N2O4.